The number of nitrogens with one attached hydrogen (secondary N) is 1. The highest BCUT2D eigenvalue weighted by Gasteiger charge is 2.42. The Morgan fingerprint density at radius 2 is 1.79 bits per heavy atom. The molecule has 1 aliphatic carbocycles. The van der Waals surface area contributed by atoms with Gasteiger partial charge in [0.1, 0.15) is 0 Å². The molecule has 1 saturated carbocycles. The predicted octanol–water partition coefficient (Wildman–Crippen LogP) is 3.13. The van der Waals surface area contributed by atoms with Crippen LogP contribution >= 0.6 is 0 Å². The molecule has 1 N–H and O–H groups in total. The molecule has 1 aromatic rings. The van der Waals surface area contributed by atoms with E-state index in [2.05, 4.69) is 10.2 Å². The van der Waals surface area contributed by atoms with Gasteiger partial charge in [-0.15, -0.1) is 0 Å². The van der Waals surface area contributed by atoms with Crippen molar-refractivity contribution in [2.45, 2.75) is 61.9 Å². The SMILES string of the molecule is CS(=O)(=O)c1cc(C2ON2CC2CCN(CC(=O)NC3CCCC3)CC2)cc(C(F)(F)F)c1. The van der Waals surface area contributed by atoms with E-state index >= 15 is 0 Å². The summed E-state index contributed by atoms with van der Waals surface area (Å²) in [4.78, 5) is 19.5. The Hall–Kier alpha value is -1.69. The van der Waals surface area contributed by atoms with E-state index in [1.165, 1.54) is 18.9 Å². The molecular formula is C22H30F3N3O4S. The molecule has 3 aliphatic rings. The first-order valence-corrected chi connectivity index (χ1v) is 13.3. The molecule has 4 rings (SSSR count). The summed E-state index contributed by atoms with van der Waals surface area (Å²) in [5.41, 5.74) is -0.814. The summed E-state index contributed by atoms with van der Waals surface area (Å²) in [6.45, 7) is 2.51. The van der Waals surface area contributed by atoms with Crippen LogP contribution in [0, 0.1) is 5.92 Å². The maximum absolute atomic E-state index is 13.2. The molecule has 2 atom stereocenters. The van der Waals surface area contributed by atoms with Gasteiger partial charge >= 0.3 is 6.18 Å². The number of sulfone groups is 1. The number of hydrogen-bond acceptors (Lipinski definition) is 6. The molecule has 2 aliphatic heterocycles. The van der Waals surface area contributed by atoms with Gasteiger partial charge in [-0.25, -0.2) is 8.42 Å². The molecule has 1 amide bonds. The Kier molecular flexibility index (Phi) is 7.05. The summed E-state index contributed by atoms with van der Waals surface area (Å²) < 4.78 is 63.5. The normalized spacial score (nSPS) is 25.3. The summed E-state index contributed by atoms with van der Waals surface area (Å²) in [6.07, 6.45) is 1.75. The minimum atomic E-state index is -4.65. The quantitative estimate of drug-likeness (QED) is 0.593. The van der Waals surface area contributed by atoms with Crippen molar-refractivity contribution in [3.8, 4) is 0 Å². The van der Waals surface area contributed by atoms with E-state index in [0.29, 0.717) is 31.1 Å². The maximum atomic E-state index is 13.2. The van der Waals surface area contributed by atoms with Gasteiger partial charge in [0.15, 0.2) is 16.1 Å². The average molecular weight is 490 g/mol. The minimum Gasteiger partial charge on any atom is -0.352 e. The van der Waals surface area contributed by atoms with Gasteiger partial charge in [0, 0.05) is 24.4 Å². The fourth-order valence-electron chi connectivity index (χ4n) is 4.74. The molecule has 184 valence electrons. The number of carbonyl (C=O) groups is 1. The number of likely N-dealkylation sites (tertiary alicyclic amines) is 1. The van der Waals surface area contributed by atoms with Crippen LogP contribution in [0.2, 0.25) is 0 Å². The molecule has 2 saturated heterocycles. The summed E-state index contributed by atoms with van der Waals surface area (Å²) in [5.74, 6) is 0.366. The van der Waals surface area contributed by atoms with Crippen molar-refractivity contribution in [3.63, 3.8) is 0 Å². The maximum Gasteiger partial charge on any atom is 0.416 e. The second kappa shape index (κ2) is 9.52. The topological polar surface area (TPSA) is 82.0 Å². The minimum absolute atomic E-state index is 0.0703. The molecular weight excluding hydrogens is 459 g/mol. The molecule has 33 heavy (non-hydrogen) atoms. The van der Waals surface area contributed by atoms with E-state index in [4.69, 9.17) is 4.84 Å². The second-order valence-corrected chi connectivity index (χ2v) is 11.4. The van der Waals surface area contributed by atoms with E-state index in [0.717, 1.165) is 51.1 Å². The van der Waals surface area contributed by atoms with Crippen molar-refractivity contribution < 1.29 is 31.2 Å². The summed E-state index contributed by atoms with van der Waals surface area (Å²) in [5, 5.41) is 4.71. The number of amides is 1. The number of piperidine rings is 1. The van der Waals surface area contributed by atoms with Crippen molar-refractivity contribution in [3.05, 3.63) is 29.3 Å². The number of alkyl halides is 3. The van der Waals surface area contributed by atoms with E-state index in [-0.39, 0.29) is 16.4 Å². The van der Waals surface area contributed by atoms with Crippen LogP contribution in [0.1, 0.15) is 55.9 Å². The number of halogens is 3. The van der Waals surface area contributed by atoms with E-state index in [9.17, 15) is 26.4 Å². The van der Waals surface area contributed by atoms with Crippen LogP contribution < -0.4 is 5.32 Å². The number of rotatable bonds is 7. The third-order valence-corrected chi connectivity index (χ3v) is 7.75. The molecule has 7 nitrogen and oxygen atoms in total. The van der Waals surface area contributed by atoms with Crippen LogP contribution in [0.3, 0.4) is 0 Å². The van der Waals surface area contributed by atoms with Gasteiger partial charge in [-0.2, -0.15) is 18.2 Å². The predicted molar refractivity (Wildman–Crippen MR) is 115 cm³/mol. The van der Waals surface area contributed by atoms with Crippen LogP contribution in [0.25, 0.3) is 0 Å². The number of benzene rings is 1. The molecule has 11 heteroatoms. The monoisotopic (exact) mass is 489 g/mol. The Balaban J connectivity index is 1.28. The highest BCUT2D eigenvalue weighted by Crippen LogP contribution is 2.42. The van der Waals surface area contributed by atoms with E-state index < -0.39 is 27.8 Å². The van der Waals surface area contributed by atoms with Crippen molar-refractivity contribution in [2.24, 2.45) is 5.92 Å². The molecule has 0 spiro atoms. The van der Waals surface area contributed by atoms with Gasteiger partial charge in [-0.05, 0) is 62.9 Å². The Bertz CT molecular complexity index is 972. The lowest BCUT2D eigenvalue weighted by atomic mass is 9.96. The zero-order valence-electron chi connectivity index (χ0n) is 18.6. The van der Waals surface area contributed by atoms with Gasteiger partial charge in [0.05, 0.1) is 17.0 Å². The number of hydroxylamine groups is 2. The molecule has 0 bridgehead atoms. The largest absolute Gasteiger partial charge is 0.416 e. The zero-order chi connectivity index (χ0) is 23.8. The number of nitrogens with zero attached hydrogens (tertiary/aromatic N) is 2. The molecule has 2 unspecified atom stereocenters. The average Bonchev–Trinajstić information content (AvgIpc) is 3.31. The lowest BCUT2D eigenvalue weighted by Gasteiger charge is -2.31. The van der Waals surface area contributed by atoms with Gasteiger partial charge in [0.25, 0.3) is 0 Å². The lowest BCUT2D eigenvalue weighted by molar-refractivity contribution is -0.137. The van der Waals surface area contributed by atoms with Crippen molar-refractivity contribution in [1.29, 1.82) is 0 Å². The fraction of sp³-hybridized carbons (Fsp3) is 0.682. The Labute approximate surface area is 192 Å². The first-order valence-electron chi connectivity index (χ1n) is 11.4. The van der Waals surface area contributed by atoms with Gasteiger partial charge in [-0.3, -0.25) is 14.5 Å². The summed E-state index contributed by atoms with van der Waals surface area (Å²) in [7, 11) is -3.79. The molecule has 2 heterocycles. The number of hydrogen-bond donors (Lipinski definition) is 1. The standard InChI is InChI=1S/C22H30F3N3O4S/c1-33(30,31)19-11-16(10-17(12-19)22(23,24)25)21-28(32-21)13-15-6-8-27(9-7-15)14-20(29)26-18-4-2-3-5-18/h10-12,15,18,21H,2-9,13-14H2,1H3,(H,26,29). The van der Waals surface area contributed by atoms with E-state index in [1.54, 1.807) is 5.06 Å². The van der Waals surface area contributed by atoms with E-state index in [1.807, 2.05) is 0 Å². The van der Waals surface area contributed by atoms with Gasteiger partial charge in [0.2, 0.25) is 5.91 Å². The Morgan fingerprint density at radius 3 is 2.39 bits per heavy atom. The Morgan fingerprint density at radius 1 is 1.12 bits per heavy atom. The third-order valence-electron chi connectivity index (χ3n) is 6.65. The van der Waals surface area contributed by atoms with Crippen molar-refractivity contribution in [1.82, 2.24) is 15.3 Å². The van der Waals surface area contributed by atoms with Crippen molar-refractivity contribution in [2.75, 3.05) is 32.4 Å². The first-order chi connectivity index (χ1) is 15.5. The third kappa shape index (κ3) is 6.46. The smallest absolute Gasteiger partial charge is 0.352 e. The molecule has 0 radical (unpaired) electrons. The summed E-state index contributed by atoms with van der Waals surface area (Å²) >= 11 is 0. The second-order valence-electron chi connectivity index (χ2n) is 9.39. The lowest BCUT2D eigenvalue weighted by Crippen LogP contribution is -2.44. The van der Waals surface area contributed by atoms with Crippen LogP contribution in [-0.4, -0.2) is 62.8 Å². The van der Waals surface area contributed by atoms with Crippen LogP contribution in [0.4, 0.5) is 13.2 Å². The van der Waals surface area contributed by atoms with Crippen LogP contribution in [0.5, 0.6) is 0 Å². The fourth-order valence-corrected chi connectivity index (χ4v) is 5.43. The number of carbonyl (C=O) groups excluding carboxylic acids is 1. The summed E-state index contributed by atoms with van der Waals surface area (Å²) in [6, 6.07) is 3.17. The van der Waals surface area contributed by atoms with Gasteiger partial charge < -0.3 is 5.32 Å². The highest BCUT2D eigenvalue weighted by atomic mass is 32.2. The van der Waals surface area contributed by atoms with Crippen molar-refractivity contribution >= 4 is 15.7 Å². The van der Waals surface area contributed by atoms with Crippen LogP contribution in [-0.2, 0) is 25.6 Å². The van der Waals surface area contributed by atoms with Crippen LogP contribution in [0.15, 0.2) is 23.1 Å². The molecule has 1 aromatic carbocycles. The molecule has 3 fully saturated rings. The van der Waals surface area contributed by atoms with Gasteiger partial charge in [-0.1, -0.05) is 12.8 Å². The zero-order valence-corrected chi connectivity index (χ0v) is 19.4. The first kappa shape index (κ1) is 24.4. The molecule has 0 aromatic heterocycles. The highest BCUT2D eigenvalue weighted by molar-refractivity contribution is 7.90.